The number of hydrogen-bond acceptors (Lipinski definition) is 3. The Kier molecular flexibility index (Phi) is 10.8. The molecule has 0 bridgehead atoms. The van der Waals surface area contributed by atoms with E-state index in [4.69, 9.17) is 5.73 Å². The molecule has 2 amide bonds. The Morgan fingerprint density at radius 2 is 1.61 bits per heavy atom. The minimum Gasteiger partial charge on any atom is -0.368 e. The molecule has 0 unspecified atom stereocenters. The van der Waals surface area contributed by atoms with Crippen LogP contribution in [0.3, 0.4) is 0 Å². The van der Waals surface area contributed by atoms with Gasteiger partial charge in [0.15, 0.2) is 5.96 Å². The number of nitrogens with one attached hydrogen (secondary N) is 3. The molecule has 1 rings (SSSR count). The van der Waals surface area contributed by atoms with Gasteiger partial charge in [-0.2, -0.15) is 0 Å². The highest BCUT2D eigenvalue weighted by atomic mass is 127. The van der Waals surface area contributed by atoms with Crippen LogP contribution in [-0.4, -0.2) is 37.4 Å². The first-order valence-electron chi connectivity index (χ1n) is 7.24. The molecule has 0 radical (unpaired) electrons. The van der Waals surface area contributed by atoms with Gasteiger partial charge in [-0.05, 0) is 31.5 Å². The van der Waals surface area contributed by atoms with Gasteiger partial charge in [-0.1, -0.05) is 12.1 Å². The van der Waals surface area contributed by atoms with E-state index in [-0.39, 0.29) is 36.4 Å². The molecule has 5 N–H and O–H groups in total. The van der Waals surface area contributed by atoms with Crippen LogP contribution in [-0.2, 0) is 11.3 Å². The van der Waals surface area contributed by atoms with Crippen LogP contribution in [0.25, 0.3) is 0 Å². The van der Waals surface area contributed by atoms with Crippen molar-refractivity contribution < 1.29 is 9.59 Å². The fourth-order valence-electron chi connectivity index (χ4n) is 1.71. The predicted molar refractivity (Wildman–Crippen MR) is 102 cm³/mol. The molecule has 0 saturated carbocycles. The molecule has 1 aromatic carbocycles. The van der Waals surface area contributed by atoms with E-state index in [0.717, 1.165) is 24.6 Å². The summed E-state index contributed by atoms with van der Waals surface area (Å²) in [7, 11) is 0. The molecule has 7 nitrogen and oxygen atoms in total. The quantitative estimate of drug-likeness (QED) is 0.287. The molecule has 0 aliphatic rings. The molecular weight excluding hydrogens is 409 g/mol. The van der Waals surface area contributed by atoms with Crippen LogP contribution >= 0.6 is 24.0 Å². The zero-order valence-corrected chi connectivity index (χ0v) is 15.7. The van der Waals surface area contributed by atoms with Crippen molar-refractivity contribution >= 4 is 41.8 Å². The lowest BCUT2D eigenvalue weighted by atomic mass is 10.1. The first-order valence-corrected chi connectivity index (χ1v) is 7.24. The summed E-state index contributed by atoms with van der Waals surface area (Å²) < 4.78 is 0. The van der Waals surface area contributed by atoms with Gasteiger partial charge in [0.1, 0.15) is 0 Å². The van der Waals surface area contributed by atoms with Gasteiger partial charge in [0.2, 0.25) is 5.91 Å². The second-order valence-corrected chi connectivity index (χ2v) is 4.57. The minimum absolute atomic E-state index is 0. The van der Waals surface area contributed by atoms with Crippen LogP contribution in [0.5, 0.6) is 0 Å². The Balaban J connectivity index is 0.00000484. The summed E-state index contributed by atoms with van der Waals surface area (Å²) in [5, 5.41) is 8.72. The van der Waals surface area contributed by atoms with Gasteiger partial charge in [-0.25, -0.2) is 4.99 Å². The number of rotatable bonds is 7. The number of primary amides is 1. The molecule has 0 aliphatic carbocycles. The molecule has 8 heteroatoms. The summed E-state index contributed by atoms with van der Waals surface area (Å²) in [6, 6.07) is 7.05. The van der Waals surface area contributed by atoms with Gasteiger partial charge in [0.05, 0.1) is 13.1 Å². The topological polar surface area (TPSA) is 109 Å². The van der Waals surface area contributed by atoms with E-state index in [1.54, 1.807) is 12.1 Å². The van der Waals surface area contributed by atoms with E-state index in [1.807, 2.05) is 26.0 Å². The smallest absolute Gasteiger partial charge is 0.251 e. The molecule has 0 atom stereocenters. The van der Waals surface area contributed by atoms with Gasteiger partial charge in [-0.3, -0.25) is 9.59 Å². The number of amides is 2. The highest BCUT2D eigenvalue weighted by molar-refractivity contribution is 14.0. The fraction of sp³-hybridized carbons (Fsp3) is 0.400. The summed E-state index contributed by atoms with van der Waals surface area (Å²) in [4.78, 5) is 26.8. The lowest BCUT2D eigenvalue weighted by Crippen LogP contribution is -2.36. The minimum atomic E-state index is -0.571. The maximum absolute atomic E-state index is 11.7. The van der Waals surface area contributed by atoms with Crippen molar-refractivity contribution in [3.05, 3.63) is 35.4 Å². The second-order valence-electron chi connectivity index (χ2n) is 4.57. The van der Waals surface area contributed by atoms with E-state index in [9.17, 15) is 9.59 Å². The Labute approximate surface area is 153 Å². The van der Waals surface area contributed by atoms with Crippen LogP contribution in [0, 0.1) is 0 Å². The van der Waals surface area contributed by atoms with Crippen molar-refractivity contribution in [2.45, 2.75) is 20.4 Å². The Bertz CT molecular complexity index is 523. The molecule has 0 spiro atoms. The van der Waals surface area contributed by atoms with Gasteiger partial charge in [0.25, 0.3) is 5.91 Å². The largest absolute Gasteiger partial charge is 0.368 e. The van der Waals surface area contributed by atoms with E-state index >= 15 is 0 Å². The monoisotopic (exact) mass is 433 g/mol. The van der Waals surface area contributed by atoms with E-state index < -0.39 is 5.91 Å². The van der Waals surface area contributed by atoms with E-state index in [0.29, 0.717) is 12.1 Å². The van der Waals surface area contributed by atoms with Crippen molar-refractivity contribution in [1.82, 2.24) is 16.0 Å². The third kappa shape index (κ3) is 8.38. The van der Waals surface area contributed by atoms with Crippen LogP contribution in [0.15, 0.2) is 29.3 Å². The Hall–Kier alpha value is -1.84. The number of benzene rings is 1. The highest BCUT2D eigenvalue weighted by Gasteiger charge is 2.06. The average molecular weight is 433 g/mol. The number of guanidine groups is 1. The summed E-state index contributed by atoms with van der Waals surface area (Å²) >= 11 is 0. The van der Waals surface area contributed by atoms with Gasteiger partial charge >= 0.3 is 0 Å². The molecule has 0 aliphatic heterocycles. The van der Waals surface area contributed by atoms with E-state index in [1.165, 1.54) is 0 Å². The molecule has 128 valence electrons. The number of aliphatic imine (C=N–C) groups is 1. The molecule has 23 heavy (non-hydrogen) atoms. The van der Waals surface area contributed by atoms with Gasteiger partial charge in [0, 0.05) is 18.7 Å². The third-order valence-electron chi connectivity index (χ3n) is 2.75. The Morgan fingerprint density at radius 3 is 2.09 bits per heavy atom. The highest BCUT2D eigenvalue weighted by Crippen LogP contribution is 2.05. The van der Waals surface area contributed by atoms with Crippen molar-refractivity contribution in [2.75, 3.05) is 19.6 Å². The summed E-state index contributed by atoms with van der Waals surface area (Å²) in [6.07, 6.45) is 0. The lowest BCUT2D eigenvalue weighted by molar-refractivity contribution is -0.117. The fourth-order valence-corrected chi connectivity index (χ4v) is 1.71. The first-order chi connectivity index (χ1) is 10.6. The third-order valence-corrected chi connectivity index (χ3v) is 2.75. The molecule has 0 aromatic heterocycles. The number of nitrogens with zero attached hydrogens (tertiary/aromatic N) is 1. The van der Waals surface area contributed by atoms with Crippen LogP contribution in [0.2, 0.25) is 0 Å². The molecule has 0 heterocycles. The standard InChI is InChI=1S/C15H23N5O2.HI/c1-3-17-15(18-4-2)20-9-11-5-7-12(8-6-11)14(22)19-10-13(16)21;/h5-8H,3-4,9-10H2,1-2H3,(H2,16,21)(H,19,22)(H2,17,18,20);1H. The summed E-state index contributed by atoms with van der Waals surface area (Å²) in [5.74, 6) is -0.137. The van der Waals surface area contributed by atoms with Crippen molar-refractivity contribution in [2.24, 2.45) is 10.7 Å². The van der Waals surface area contributed by atoms with Crippen molar-refractivity contribution in [3.63, 3.8) is 0 Å². The van der Waals surface area contributed by atoms with Crippen molar-refractivity contribution in [3.8, 4) is 0 Å². The molecular formula is C15H24IN5O2. The van der Waals surface area contributed by atoms with Crippen LogP contribution in [0.4, 0.5) is 0 Å². The number of carbonyl (C=O) groups excluding carboxylic acids is 2. The second kappa shape index (κ2) is 11.7. The maximum Gasteiger partial charge on any atom is 0.251 e. The molecule has 0 fully saturated rings. The number of hydrogen-bond donors (Lipinski definition) is 4. The SMILES string of the molecule is CCNC(=NCc1ccc(C(=O)NCC(N)=O)cc1)NCC.I. The van der Waals surface area contributed by atoms with Gasteiger partial charge in [-0.15, -0.1) is 24.0 Å². The number of carbonyl (C=O) groups is 2. The van der Waals surface area contributed by atoms with Crippen LogP contribution in [0.1, 0.15) is 29.8 Å². The zero-order valence-electron chi connectivity index (χ0n) is 13.4. The molecule has 1 aromatic rings. The normalized spacial score (nSPS) is 9.30. The maximum atomic E-state index is 11.7. The van der Waals surface area contributed by atoms with Crippen LogP contribution < -0.4 is 21.7 Å². The zero-order chi connectivity index (χ0) is 16.4. The lowest BCUT2D eigenvalue weighted by Gasteiger charge is -2.09. The van der Waals surface area contributed by atoms with Gasteiger partial charge < -0.3 is 21.7 Å². The Morgan fingerprint density at radius 1 is 1.04 bits per heavy atom. The first kappa shape index (κ1) is 21.2. The van der Waals surface area contributed by atoms with Crippen molar-refractivity contribution in [1.29, 1.82) is 0 Å². The summed E-state index contributed by atoms with van der Waals surface area (Å²) in [6.45, 7) is 5.95. The predicted octanol–water partition coefficient (Wildman–Crippen LogP) is 0.595. The molecule has 0 saturated heterocycles. The average Bonchev–Trinajstić information content (AvgIpc) is 2.51. The summed E-state index contributed by atoms with van der Waals surface area (Å²) in [5.41, 5.74) is 6.44. The number of halogens is 1. The van der Waals surface area contributed by atoms with E-state index in [2.05, 4.69) is 20.9 Å². The number of nitrogens with two attached hydrogens (primary N) is 1.